The molecule has 0 saturated heterocycles. The molecule has 0 bridgehead atoms. The Bertz CT molecular complexity index is 303. The van der Waals surface area contributed by atoms with E-state index in [1.54, 1.807) is 11.3 Å². The molecule has 2 atom stereocenters. The zero-order valence-corrected chi connectivity index (χ0v) is 11.2. The van der Waals surface area contributed by atoms with Crippen LogP contribution in [0.1, 0.15) is 25.1 Å². The van der Waals surface area contributed by atoms with Crippen molar-refractivity contribution in [3.63, 3.8) is 0 Å². The van der Waals surface area contributed by atoms with Gasteiger partial charge in [-0.1, -0.05) is 26.3 Å². The van der Waals surface area contributed by atoms with Gasteiger partial charge in [-0.05, 0) is 17.4 Å². The van der Waals surface area contributed by atoms with E-state index in [0.29, 0.717) is 6.54 Å². The number of carbonyl (C=O) groups is 1. The van der Waals surface area contributed by atoms with Gasteiger partial charge in [-0.2, -0.15) is 0 Å². The van der Waals surface area contributed by atoms with Gasteiger partial charge in [-0.15, -0.1) is 23.7 Å². The number of thiophene rings is 1. The van der Waals surface area contributed by atoms with Crippen LogP contribution < -0.4 is 11.1 Å². The molecule has 16 heavy (non-hydrogen) atoms. The van der Waals surface area contributed by atoms with Crippen LogP contribution in [0.5, 0.6) is 0 Å². The first-order chi connectivity index (χ1) is 7.15. The summed E-state index contributed by atoms with van der Waals surface area (Å²) in [4.78, 5) is 12.8. The van der Waals surface area contributed by atoms with Gasteiger partial charge in [-0.25, -0.2) is 0 Å². The van der Waals surface area contributed by atoms with Gasteiger partial charge in [0.25, 0.3) is 0 Å². The van der Waals surface area contributed by atoms with Gasteiger partial charge in [0, 0.05) is 4.88 Å². The van der Waals surface area contributed by atoms with Crippen LogP contribution in [0, 0.1) is 5.92 Å². The van der Waals surface area contributed by atoms with Crippen molar-refractivity contribution in [2.75, 3.05) is 0 Å². The van der Waals surface area contributed by atoms with E-state index in [1.165, 1.54) is 0 Å². The fourth-order valence-electron chi connectivity index (χ4n) is 1.22. The second-order valence-electron chi connectivity index (χ2n) is 3.71. The van der Waals surface area contributed by atoms with Crippen LogP contribution >= 0.6 is 23.7 Å². The minimum Gasteiger partial charge on any atom is -0.350 e. The third kappa shape index (κ3) is 4.51. The Morgan fingerprint density at radius 3 is 2.81 bits per heavy atom. The molecule has 0 saturated carbocycles. The fraction of sp³-hybridized carbons (Fsp3) is 0.545. The van der Waals surface area contributed by atoms with E-state index in [-0.39, 0.29) is 24.2 Å². The van der Waals surface area contributed by atoms with Gasteiger partial charge in [0.2, 0.25) is 5.91 Å². The Kier molecular flexibility index (Phi) is 7.38. The average Bonchev–Trinajstić information content (AvgIpc) is 2.76. The van der Waals surface area contributed by atoms with E-state index in [2.05, 4.69) is 5.32 Å². The topological polar surface area (TPSA) is 55.1 Å². The van der Waals surface area contributed by atoms with E-state index < -0.39 is 6.04 Å². The summed E-state index contributed by atoms with van der Waals surface area (Å²) >= 11 is 1.64. The highest BCUT2D eigenvalue weighted by Crippen LogP contribution is 2.09. The van der Waals surface area contributed by atoms with Crippen LogP contribution in [0.3, 0.4) is 0 Å². The molecule has 0 spiro atoms. The number of nitrogens with one attached hydrogen (secondary N) is 1. The molecule has 0 radical (unpaired) electrons. The largest absolute Gasteiger partial charge is 0.350 e. The molecular weight excluding hydrogens is 244 g/mol. The Morgan fingerprint density at radius 2 is 2.31 bits per heavy atom. The quantitative estimate of drug-likeness (QED) is 0.854. The first-order valence-electron chi connectivity index (χ1n) is 5.20. The second kappa shape index (κ2) is 7.65. The molecule has 0 aliphatic rings. The molecule has 0 aromatic carbocycles. The molecule has 0 aliphatic heterocycles. The van der Waals surface area contributed by atoms with Crippen LogP contribution in [0.2, 0.25) is 0 Å². The number of hydrogen-bond donors (Lipinski definition) is 2. The maximum atomic E-state index is 11.6. The van der Waals surface area contributed by atoms with Crippen molar-refractivity contribution < 1.29 is 4.79 Å². The average molecular weight is 263 g/mol. The van der Waals surface area contributed by atoms with Gasteiger partial charge >= 0.3 is 0 Å². The van der Waals surface area contributed by atoms with Crippen LogP contribution in [-0.2, 0) is 11.3 Å². The zero-order valence-electron chi connectivity index (χ0n) is 9.60. The second-order valence-corrected chi connectivity index (χ2v) is 4.74. The number of halogens is 1. The molecule has 1 rings (SSSR count). The number of hydrogen-bond acceptors (Lipinski definition) is 3. The summed E-state index contributed by atoms with van der Waals surface area (Å²) in [7, 11) is 0. The molecule has 5 heteroatoms. The Labute approximate surface area is 107 Å². The van der Waals surface area contributed by atoms with E-state index >= 15 is 0 Å². The molecular formula is C11H19ClN2OS. The molecule has 1 aromatic heterocycles. The first kappa shape index (κ1) is 15.4. The van der Waals surface area contributed by atoms with Gasteiger partial charge in [0.15, 0.2) is 0 Å². The maximum absolute atomic E-state index is 11.6. The lowest BCUT2D eigenvalue weighted by atomic mass is 9.99. The number of nitrogens with two attached hydrogens (primary N) is 1. The lowest BCUT2D eigenvalue weighted by molar-refractivity contribution is -0.123. The highest BCUT2D eigenvalue weighted by Gasteiger charge is 2.18. The van der Waals surface area contributed by atoms with Crippen molar-refractivity contribution in [1.82, 2.24) is 5.32 Å². The monoisotopic (exact) mass is 262 g/mol. The standard InChI is InChI=1S/C11H18N2OS.ClH/c1-3-8(2)10(12)11(14)13-7-9-5-4-6-15-9;/h4-6,8,10H,3,7,12H2,1-2H3,(H,13,14);1H. The van der Waals surface area contributed by atoms with Crippen molar-refractivity contribution >= 4 is 29.7 Å². The lowest BCUT2D eigenvalue weighted by Crippen LogP contribution is -2.44. The van der Waals surface area contributed by atoms with Crippen molar-refractivity contribution in [3.8, 4) is 0 Å². The van der Waals surface area contributed by atoms with Gasteiger partial charge < -0.3 is 11.1 Å². The van der Waals surface area contributed by atoms with Crippen LogP contribution in [0.25, 0.3) is 0 Å². The van der Waals surface area contributed by atoms with Crippen molar-refractivity contribution in [3.05, 3.63) is 22.4 Å². The van der Waals surface area contributed by atoms with Gasteiger partial charge in [0.1, 0.15) is 0 Å². The maximum Gasteiger partial charge on any atom is 0.237 e. The minimum atomic E-state index is -0.394. The highest BCUT2D eigenvalue weighted by molar-refractivity contribution is 7.09. The van der Waals surface area contributed by atoms with E-state index in [1.807, 2.05) is 31.4 Å². The minimum absolute atomic E-state index is 0. The molecule has 0 aliphatic carbocycles. The number of rotatable bonds is 5. The first-order valence-corrected chi connectivity index (χ1v) is 6.08. The summed E-state index contributed by atoms with van der Waals surface area (Å²) in [5.41, 5.74) is 5.80. The molecule has 1 aromatic rings. The highest BCUT2D eigenvalue weighted by atomic mass is 35.5. The van der Waals surface area contributed by atoms with Gasteiger partial charge in [0.05, 0.1) is 12.6 Å². The third-order valence-electron chi connectivity index (χ3n) is 2.58. The van der Waals surface area contributed by atoms with Crippen LogP contribution in [0.4, 0.5) is 0 Å². The summed E-state index contributed by atoms with van der Waals surface area (Å²) in [5.74, 6) is 0.172. The van der Waals surface area contributed by atoms with Crippen LogP contribution in [0.15, 0.2) is 17.5 Å². The summed E-state index contributed by atoms with van der Waals surface area (Å²) in [6.07, 6.45) is 0.924. The summed E-state index contributed by atoms with van der Waals surface area (Å²) in [6.45, 7) is 4.62. The summed E-state index contributed by atoms with van der Waals surface area (Å²) < 4.78 is 0. The predicted molar refractivity (Wildman–Crippen MR) is 70.8 cm³/mol. The third-order valence-corrected chi connectivity index (χ3v) is 3.45. The molecule has 3 N–H and O–H groups in total. The zero-order chi connectivity index (χ0) is 11.3. The Morgan fingerprint density at radius 1 is 1.62 bits per heavy atom. The van der Waals surface area contributed by atoms with Crippen molar-refractivity contribution in [2.45, 2.75) is 32.9 Å². The fourth-order valence-corrected chi connectivity index (χ4v) is 1.86. The molecule has 92 valence electrons. The molecule has 1 amide bonds. The summed E-state index contributed by atoms with van der Waals surface area (Å²) in [5, 5.41) is 4.84. The predicted octanol–water partition coefficient (Wildman–Crippen LogP) is 2.16. The molecule has 3 nitrogen and oxygen atoms in total. The normalized spacial score (nSPS) is 13.7. The Hall–Kier alpha value is -0.580. The summed E-state index contributed by atoms with van der Waals surface area (Å²) in [6, 6.07) is 3.58. The lowest BCUT2D eigenvalue weighted by Gasteiger charge is -2.17. The van der Waals surface area contributed by atoms with E-state index in [4.69, 9.17) is 5.73 Å². The van der Waals surface area contributed by atoms with Crippen molar-refractivity contribution in [2.24, 2.45) is 11.7 Å². The SMILES string of the molecule is CCC(C)C(N)C(=O)NCc1cccs1.Cl. The number of carbonyl (C=O) groups excluding carboxylic acids is 1. The smallest absolute Gasteiger partial charge is 0.237 e. The molecule has 1 heterocycles. The van der Waals surface area contributed by atoms with E-state index in [9.17, 15) is 4.79 Å². The van der Waals surface area contributed by atoms with E-state index in [0.717, 1.165) is 11.3 Å². The van der Waals surface area contributed by atoms with Crippen LogP contribution in [-0.4, -0.2) is 11.9 Å². The molecule has 2 unspecified atom stereocenters. The Balaban J connectivity index is 0.00000225. The number of amides is 1. The van der Waals surface area contributed by atoms with Gasteiger partial charge in [-0.3, -0.25) is 4.79 Å². The molecule has 0 fully saturated rings. The van der Waals surface area contributed by atoms with Crippen molar-refractivity contribution in [1.29, 1.82) is 0 Å².